The Labute approximate surface area is 87.2 Å². The van der Waals surface area contributed by atoms with Crippen molar-refractivity contribution < 1.29 is 9.18 Å². The van der Waals surface area contributed by atoms with Crippen LogP contribution in [0.15, 0.2) is 30.4 Å². The lowest BCUT2D eigenvalue weighted by atomic mass is 10.1. The number of carbonyl (C=O) groups excluding carboxylic acids is 1. The van der Waals surface area contributed by atoms with Crippen LogP contribution in [0.25, 0.3) is 0 Å². The lowest BCUT2D eigenvalue weighted by Gasteiger charge is -2.00. The molecule has 0 aliphatic rings. The molecular weight excluding hydrogens is 203 g/mol. The lowest BCUT2D eigenvalue weighted by Crippen LogP contribution is -2.00. The third-order valence-electron chi connectivity index (χ3n) is 1.73. The average Bonchev–Trinajstić information content (AvgIpc) is 2.10. The van der Waals surface area contributed by atoms with E-state index in [1.165, 1.54) is 18.2 Å². The molecule has 3 heteroatoms. The number of hydrogen-bond donors (Lipinski definition) is 0. The number of rotatable bonds is 3. The fourth-order valence-corrected chi connectivity index (χ4v) is 1.26. The molecule has 0 atom stereocenters. The lowest BCUT2D eigenvalue weighted by molar-refractivity contribution is -0.114. The number of allylic oxidation sites excluding steroid dienone is 2. The van der Waals surface area contributed by atoms with E-state index in [2.05, 4.69) is 0 Å². The Bertz CT molecular complexity index is 372. The van der Waals surface area contributed by atoms with E-state index in [4.69, 9.17) is 11.6 Å². The first-order chi connectivity index (χ1) is 6.63. The second-order valence-electron chi connectivity index (χ2n) is 2.88. The van der Waals surface area contributed by atoms with Gasteiger partial charge in [-0.1, -0.05) is 23.7 Å². The zero-order valence-corrected chi connectivity index (χ0v) is 8.51. The average molecular weight is 213 g/mol. The molecule has 0 aromatic heterocycles. The van der Waals surface area contributed by atoms with E-state index in [1.807, 2.05) is 0 Å². The molecule has 0 fully saturated rings. The van der Waals surface area contributed by atoms with E-state index < -0.39 is 5.82 Å². The van der Waals surface area contributed by atoms with Gasteiger partial charge in [0.05, 0.1) is 0 Å². The van der Waals surface area contributed by atoms with Crippen LogP contribution < -0.4 is 0 Å². The molecule has 1 rings (SSSR count). The molecule has 0 radical (unpaired) electrons. The zero-order valence-electron chi connectivity index (χ0n) is 7.76. The minimum Gasteiger partial charge on any atom is -0.294 e. The Hall–Kier alpha value is -1.15. The highest BCUT2D eigenvalue weighted by Crippen LogP contribution is 2.15. The topological polar surface area (TPSA) is 17.1 Å². The molecule has 0 N–H and O–H groups in total. The van der Waals surface area contributed by atoms with Gasteiger partial charge in [-0.3, -0.25) is 4.79 Å². The smallest absolute Gasteiger partial charge is 0.159 e. The van der Waals surface area contributed by atoms with E-state index in [1.54, 1.807) is 19.1 Å². The van der Waals surface area contributed by atoms with Crippen molar-refractivity contribution in [2.45, 2.75) is 13.3 Å². The Kier molecular flexibility index (Phi) is 3.84. The molecular formula is C11H10ClFO. The first kappa shape index (κ1) is 10.9. The summed E-state index contributed by atoms with van der Waals surface area (Å²) in [4.78, 5) is 11.2. The molecule has 0 amide bonds. The van der Waals surface area contributed by atoms with Gasteiger partial charge in [-0.25, -0.2) is 4.39 Å². The second-order valence-corrected chi connectivity index (χ2v) is 3.32. The molecule has 0 aliphatic heterocycles. The van der Waals surface area contributed by atoms with Crippen molar-refractivity contribution in [3.8, 4) is 0 Å². The van der Waals surface area contributed by atoms with Gasteiger partial charge < -0.3 is 0 Å². The molecule has 74 valence electrons. The van der Waals surface area contributed by atoms with Crippen molar-refractivity contribution in [3.05, 3.63) is 46.8 Å². The minimum absolute atomic E-state index is 0.0767. The van der Waals surface area contributed by atoms with Crippen molar-refractivity contribution in [2.75, 3.05) is 0 Å². The standard InChI is InChI=1S/C11H10ClFO/c1-2-3-10(14)6-8-4-5-9(12)7-11(8)13/h2-5,7H,6H2,1H3/b3-2+. The molecule has 0 saturated carbocycles. The Balaban J connectivity index is 2.82. The third kappa shape index (κ3) is 2.96. The van der Waals surface area contributed by atoms with Crippen LogP contribution in [0.3, 0.4) is 0 Å². The monoisotopic (exact) mass is 212 g/mol. The Morgan fingerprint density at radius 2 is 2.29 bits per heavy atom. The first-order valence-corrected chi connectivity index (χ1v) is 4.60. The largest absolute Gasteiger partial charge is 0.294 e. The van der Waals surface area contributed by atoms with Crippen LogP contribution in [-0.2, 0) is 11.2 Å². The molecule has 0 spiro atoms. The second kappa shape index (κ2) is 4.91. The van der Waals surface area contributed by atoms with Crippen LogP contribution in [0, 0.1) is 5.82 Å². The Morgan fingerprint density at radius 3 is 2.86 bits per heavy atom. The summed E-state index contributed by atoms with van der Waals surface area (Å²) < 4.78 is 13.2. The van der Waals surface area contributed by atoms with Crippen LogP contribution in [0.5, 0.6) is 0 Å². The number of halogens is 2. The van der Waals surface area contributed by atoms with Gasteiger partial charge in [0.15, 0.2) is 5.78 Å². The first-order valence-electron chi connectivity index (χ1n) is 4.23. The van der Waals surface area contributed by atoms with E-state index in [9.17, 15) is 9.18 Å². The van der Waals surface area contributed by atoms with Crippen molar-refractivity contribution in [2.24, 2.45) is 0 Å². The summed E-state index contributed by atoms with van der Waals surface area (Å²) >= 11 is 5.58. The van der Waals surface area contributed by atoms with E-state index in [0.29, 0.717) is 10.6 Å². The summed E-state index contributed by atoms with van der Waals surface area (Å²) in [6.07, 6.45) is 3.14. The summed E-state index contributed by atoms with van der Waals surface area (Å²) in [5.74, 6) is -0.552. The van der Waals surface area contributed by atoms with Crippen LogP contribution >= 0.6 is 11.6 Å². The van der Waals surface area contributed by atoms with E-state index >= 15 is 0 Å². The quantitative estimate of drug-likeness (QED) is 0.704. The fourth-order valence-electron chi connectivity index (χ4n) is 1.10. The molecule has 1 nitrogen and oxygen atoms in total. The molecule has 0 aliphatic carbocycles. The van der Waals surface area contributed by atoms with Crippen molar-refractivity contribution in [1.29, 1.82) is 0 Å². The predicted molar refractivity (Wildman–Crippen MR) is 54.9 cm³/mol. The summed E-state index contributed by atoms with van der Waals surface area (Å²) in [5.41, 5.74) is 0.373. The number of benzene rings is 1. The van der Waals surface area contributed by atoms with Crippen LogP contribution in [0.4, 0.5) is 4.39 Å². The third-order valence-corrected chi connectivity index (χ3v) is 1.97. The maximum absolute atomic E-state index is 13.2. The molecule has 0 heterocycles. The van der Waals surface area contributed by atoms with Crippen molar-refractivity contribution in [3.63, 3.8) is 0 Å². The van der Waals surface area contributed by atoms with Gasteiger partial charge in [0.1, 0.15) is 5.82 Å². The van der Waals surface area contributed by atoms with Gasteiger partial charge in [0.2, 0.25) is 0 Å². The molecule has 1 aromatic carbocycles. The summed E-state index contributed by atoms with van der Waals surface area (Å²) in [6, 6.07) is 4.31. The highest BCUT2D eigenvalue weighted by atomic mass is 35.5. The van der Waals surface area contributed by atoms with Gasteiger partial charge in [-0.15, -0.1) is 0 Å². The summed E-state index contributed by atoms with van der Waals surface area (Å²) in [7, 11) is 0. The van der Waals surface area contributed by atoms with E-state index in [0.717, 1.165) is 0 Å². The SMILES string of the molecule is C/C=C/C(=O)Cc1ccc(Cl)cc1F. The fraction of sp³-hybridized carbons (Fsp3) is 0.182. The number of ketones is 1. The molecule has 14 heavy (non-hydrogen) atoms. The van der Waals surface area contributed by atoms with Gasteiger partial charge in [-0.2, -0.15) is 0 Å². The van der Waals surface area contributed by atoms with Crippen LogP contribution in [-0.4, -0.2) is 5.78 Å². The molecule has 0 saturated heterocycles. The molecule has 0 bridgehead atoms. The number of hydrogen-bond acceptors (Lipinski definition) is 1. The minimum atomic E-state index is -0.435. The van der Waals surface area contributed by atoms with Gasteiger partial charge in [-0.05, 0) is 30.7 Å². The highest BCUT2D eigenvalue weighted by Gasteiger charge is 2.05. The van der Waals surface area contributed by atoms with E-state index in [-0.39, 0.29) is 12.2 Å². The van der Waals surface area contributed by atoms with Crippen LogP contribution in [0.1, 0.15) is 12.5 Å². The van der Waals surface area contributed by atoms with Gasteiger partial charge >= 0.3 is 0 Å². The van der Waals surface area contributed by atoms with Gasteiger partial charge in [0, 0.05) is 11.4 Å². The van der Waals surface area contributed by atoms with Gasteiger partial charge in [0.25, 0.3) is 0 Å². The summed E-state index contributed by atoms with van der Waals surface area (Å²) in [5, 5.41) is 0.338. The van der Waals surface area contributed by atoms with Crippen molar-refractivity contribution in [1.82, 2.24) is 0 Å². The Morgan fingerprint density at radius 1 is 1.57 bits per heavy atom. The molecule has 1 aromatic rings. The molecule has 0 unspecified atom stereocenters. The normalized spacial score (nSPS) is 10.8. The predicted octanol–water partition coefficient (Wildman–Crippen LogP) is 3.17. The summed E-state index contributed by atoms with van der Waals surface area (Å²) in [6.45, 7) is 1.75. The number of carbonyl (C=O) groups is 1. The highest BCUT2D eigenvalue weighted by molar-refractivity contribution is 6.30. The maximum atomic E-state index is 13.2. The maximum Gasteiger partial charge on any atom is 0.159 e. The van der Waals surface area contributed by atoms with Crippen molar-refractivity contribution >= 4 is 17.4 Å². The van der Waals surface area contributed by atoms with Crippen LogP contribution in [0.2, 0.25) is 5.02 Å². The zero-order chi connectivity index (χ0) is 10.6.